The molecule has 0 aliphatic rings. The summed E-state index contributed by atoms with van der Waals surface area (Å²) >= 11 is 0. The number of amides is 1. The van der Waals surface area contributed by atoms with E-state index in [1.807, 2.05) is 19.1 Å². The van der Waals surface area contributed by atoms with Crippen molar-refractivity contribution in [3.8, 4) is 0 Å². The van der Waals surface area contributed by atoms with Crippen LogP contribution >= 0.6 is 0 Å². The maximum absolute atomic E-state index is 11.7. The van der Waals surface area contributed by atoms with Crippen molar-refractivity contribution in [3.05, 3.63) is 12.2 Å². The van der Waals surface area contributed by atoms with Crippen LogP contribution in [-0.2, 0) is 9.59 Å². The van der Waals surface area contributed by atoms with Crippen LogP contribution in [0.25, 0.3) is 0 Å². The predicted octanol–water partition coefficient (Wildman–Crippen LogP) is 1.82. The number of nitrogens with one attached hydrogen (secondary N) is 1. The average molecular weight is 227 g/mol. The molecule has 0 aliphatic heterocycles. The molecule has 0 spiro atoms. The van der Waals surface area contributed by atoms with E-state index >= 15 is 0 Å². The van der Waals surface area contributed by atoms with E-state index in [1.54, 1.807) is 20.8 Å². The van der Waals surface area contributed by atoms with E-state index in [0.717, 1.165) is 6.42 Å². The SMILES string of the molecule is C/C=C/CCNC(=O)C(C(=O)O)C(C)(C)C. The molecular weight excluding hydrogens is 206 g/mol. The van der Waals surface area contributed by atoms with Gasteiger partial charge in [-0.2, -0.15) is 0 Å². The quantitative estimate of drug-likeness (QED) is 0.427. The summed E-state index contributed by atoms with van der Waals surface area (Å²) in [5.41, 5.74) is -0.573. The fourth-order valence-electron chi connectivity index (χ4n) is 1.42. The van der Waals surface area contributed by atoms with Crippen molar-refractivity contribution in [1.82, 2.24) is 5.32 Å². The molecule has 0 saturated heterocycles. The Bertz CT molecular complexity index is 276. The highest BCUT2D eigenvalue weighted by atomic mass is 16.4. The summed E-state index contributed by atoms with van der Waals surface area (Å²) in [4.78, 5) is 22.7. The third kappa shape index (κ3) is 4.96. The standard InChI is InChI=1S/C12H21NO3/c1-5-6-7-8-13-10(14)9(11(15)16)12(2,3)4/h5-6,9H,7-8H2,1-4H3,(H,13,14)(H,15,16)/b6-5+. The Labute approximate surface area is 96.7 Å². The molecule has 0 fully saturated rings. The number of carbonyl (C=O) groups excluding carboxylic acids is 1. The van der Waals surface area contributed by atoms with Crippen LogP contribution in [0.1, 0.15) is 34.1 Å². The molecule has 0 heterocycles. The summed E-state index contributed by atoms with van der Waals surface area (Å²) in [7, 11) is 0. The first-order valence-electron chi connectivity index (χ1n) is 5.42. The van der Waals surface area contributed by atoms with E-state index in [1.165, 1.54) is 0 Å². The molecule has 1 amide bonds. The molecule has 1 unspecified atom stereocenters. The van der Waals surface area contributed by atoms with Crippen molar-refractivity contribution in [3.63, 3.8) is 0 Å². The Morgan fingerprint density at radius 2 is 1.94 bits per heavy atom. The minimum atomic E-state index is -1.07. The largest absolute Gasteiger partial charge is 0.481 e. The van der Waals surface area contributed by atoms with Crippen molar-refractivity contribution in [1.29, 1.82) is 0 Å². The number of carboxylic acids is 1. The van der Waals surface area contributed by atoms with Gasteiger partial charge in [0.05, 0.1) is 0 Å². The van der Waals surface area contributed by atoms with Gasteiger partial charge in [-0.25, -0.2) is 0 Å². The van der Waals surface area contributed by atoms with E-state index in [2.05, 4.69) is 5.32 Å². The van der Waals surface area contributed by atoms with Gasteiger partial charge < -0.3 is 10.4 Å². The first-order chi connectivity index (χ1) is 7.30. The van der Waals surface area contributed by atoms with Crippen molar-refractivity contribution >= 4 is 11.9 Å². The maximum atomic E-state index is 11.7. The number of hydrogen-bond acceptors (Lipinski definition) is 2. The molecule has 2 N–H and O–H groups in total. The van der Waals surface area contributed by atoms with Gasteiger partial charge in [-0.1, -0.05) is 32.9 Å². The smallest absolute Gasteiger partial charge is 0.316 e. The lowest BCUT2D eigenvalue weighted by Crippen LogP contribution is -2.42. The second-order valence-electron chi connectivity index (χ2n) is 4.79. The van der Waals surface area contributed by atoms with Gasteiger partial charge in [-0.05, 0) is 18.8 Å². The molecule has 16 heavy (non-hydrogen) atoms. The molecule has 92 valence electrons. The van der Waals surface area contributed by atoms with E-state index in [9.17, 15) is 9.59 Å². The number of aliphatic carboxylic acids is 1. The Morgan fingerprint density at radius 1 is 1.38 bits per heavy atom. The number of carboxylic acid groups (broad SMARTS) is 1. The van der Waals surface area contributed by atoms with Crippen LogP contribution in [0.4, 0.5) is 0 Å². The van der Waals surface area contributed by atoms with Gasteiger partial charge >= 0.3 is 5.97 Å². The topological polar surface area (TPSA) is 66.4 Å². The molecule has 0 aromatic carbocycles. The highest BCUT2D eigenvalue weighted by molar-refractivity contribution is 5.97. The fraction of sp³-hybridized carbons (Fsp3) is 0.667. The molecule has 0 radical (unpaired) electrons. The highest BCUT2D eigenvalue weighted by Crippen LogP contribution is 2.26. The number of allylic oxidation sites excluding steroid dienone is 1. The van der Waals surface area contributed by atoms with Crippen LogP contribution in [0.15, 0.2) is 12.2 Å². The van der Waals surface area contributed by atoms with Crippen molar-refractivity contribution in [2.24, 2.45) is 11.3 Å². The molecule has 0 saturated carbocycles. The molecule has 0 aromatic heterocycles. The molecule has 4 nitrogen and oxygen atoms in total. The van der Waals surface area contributed by atoms with Gasteiger partial charge in [0.25, 0.3) is 0 Å². The zero-order valence-corrected chi connectivity index (χ0v) is 10.4. The minimum Gasteiger partial charge on any atom is -0.481 e. The first-order valence-corrected chi connectivity index (χ1v) is 5.42. The number of rotatable bonds is 5. The second kappa shape index (κ2) is 6.30. The highest BCUT2D eigenvalue weighted by Gasteiger charge is 2.37. The van der Waals surface area contributed by atoms with E-state index < -0.39 is 23.2 Å². The predicted molar refractivity (Wildman–Crippen MR) is 63.0 cm³/mol. The van der Waals surface area contributed by atoms with Gasteiger partial charge in [0, 0.05) is 6.54 Å². The average Bonchev–Trinajstić information content (AvgIpc) is 2.09. The van der Waals surface area contributed by atoms with Gasteiger partial charge in [0.1, 0.15) is 5.92 Å². The monoisotopic (exact) mass is 227 g/mol. The molecule has 0 aromatic rings. The second-order valence-corrected chi connectivity index (χ2v) is 4.79. The zero-order valence-electron chi connectivity index (χ0n) is 10.4. The van der Waals surface area contributed by atoms with Crippen molar-refractivity contribution < 1.29 is 14.7 Å². The minimum absolute atomic E-state index is 0.412. The molecule has 0 bridgehead atoms. The summed E-state index contributed by atoms with van der Waals surface area (Å²) in [6.45, 7) is 7.62. The Morgan fingerprint density at radius 3 is 2.31 bits per heavy atom. The molecular formula is C12H21NO3. The van der Waals surface area contributed by atoms with Crippen LogP contribution in [0.2, 0.25) is 0 Å². The lowest BCUT2D eigenvalue weighted by molar-refractivity contribution is -0.151. The number of carbonyl (C=O) groups is 2. The normalized spacial score (nSPS) is 13.8. The van der Waals surface area contributed by atoms with E-state index in [-0.39, 0.29) is 0 Å². The van der Waals surface area contributed by atoms with Crippen LogP contribution in [0.3, 0.4) is 0 Å². The van der Waals surface area contributed by atoms with Crippen LogP contribution in [-0.4, -0.2) is 23.5 Å². The summed E-state index contributed by atoms with van der Waals surface area (Å²) in [6, 6.07) is 0. The maximum Gasteiger partial charge on any atom is 0.316 e. The lowest BCUT2D eigenvalue weighted by Gasteiger charge is -2.25. The third-order valence-corrected chi connectivity index (χ3v) is 2.22. The van der Waals surface area contributed by atoms with Crippen molar-refractivity contribution in [2.75, 3.05) is 6.54 Å². The molecule has 4 heteroatoms. The van der Waals surface area contributed by atoms with Crippen LogP contribution in [0.5, 0.6) is 0 Å². The molecule has 0 rings (SSSR count). The van der Waals surface area contributed by atoms with Crippen molar-refractivity contribution in [2.45, 2.75) is 34.1 Å². The van der Waals surface area contributed by atoms with E-state index in [4.69, 9.17) is 5.11 Å². The Hall–Kier alpha value is -1.32. The zero-order chi connectivity index (χ0) is 12.8. The summed E-state index contributed by atoms with van der Waals surface area (Å²) in [5, 5.41) is 11.6. The Balaban J connectivity index is 4.36. The first kappa shape index (κ1) is 14.7. The summed E-state index contributed by atoms with van der Waals surface area (Å²) in [6.07, 6.45) is 4.54. The molecule has 0 aliphatic carbocycles. The van der Waals surface area contributed by atoms with E-state index in [0.29, 0.717) is 6.54 Å². The fourth-order valence-corrected chi connectivity index (χ4v) is 1.42. The summed E-state index contributed by atoms with van der Waals surface area (Å²) < 4.78 is 0. The van der Waals surface area contributed by atoms with Crippen LogP contribution < -0.4 is 5.32 Å². The van der Waals surface area contributed by atoms with Gasteiger partial charge in [0.15, 0.2) is 0 Å². The third-order valence-electron chi connectivity index (χ3n) is 2.22. The van der Waals surface area contributed by atoms with Gasteiger partial charge in [-0.15, -0.1) is 0 Å². The lowest BCUT2D eigenvalue weighted by atomic mass is 9.80. The van der Waals surface area contributed by atoms with Gasteiger partial charge in [-0.3, -0.25) is 9.59 Å². The Kier molecular flexibility index (Phi) is 5.78. The number of hydrogen-bond donors (Lipinski definition) is 2. The summed E-state index contributed by atoms with van der Waals surface area (Å²) in [5.74, 6) is -2.49. The van der Waals surface area contributed by atoms with Gasteiger partial charge in [0.2, 0.25) is 5.91 Å². The van der Waals surface area contributed by atoms with Crippen LogP contribution in [0, 0.1) is 11.3 Å². The molecule has 1 atom stereocenters.